The van der Waals surface area contributed by atoms with Gasteiger partial charge in [-0.1, -0.05) is 32.9 Å². The van der Waals surface area contributed by atoms with Gasteiger partial charge in [0.25, 0.3) is 0 Å². The number of thiazole rings is 1. The summed E-state index contributed by atoms with van der Waals surface area (Å²) in [7, 11) is 1.88. The number of ether oxygens (including phenoxy) is 1. The maximum atomic E-state index is 12.8. The van der Waals surface area contributed by atoms with Crippen molar-refractivity contribution in [2.24, 2.45) is 10.5 Å². The Bertz CT molecular complexity index is 845. The molecule has 2 aromatic rings. The van der Waals surface area contributed by atoms with Crippen LogP contribution in [-0.2, 0) is 9.53 Å². The maximum Gasteiger partial charge on any atom is 0.342 e. The zero-order valence-electron chi connectivity index (χ0n) is 15.0. The van der Waals surface area contributed by atoms with E-state index in [0.29, 0.717) is 17.2 Å². The van der Waals surface area contributed by atoms with Crippen LogP contribution in [0.4, 0.5) is 0 Å². The fraction of sp³-hybridized carbons (Fsp3) is 0.389. The van der Waals surface area contributed by atoms with Crippen molar-refractivity contribution in [2.45, 2.75) is 27.7 Å². The second kappa shape index (κ2) is 6.80. The minimum absolute atomic E-state index is 0.193. The average molecular weight is 376 g/mol. The van der Waals surface area contributed by atoms with E-state index in [1.54, 1.807) is 4.41 Å². The number of esters is 1. The number of hydrogen-bond acceptors (Lipinski definition) is 7. The average Bonchev–Trinajstić information content (AvgIpc) is 3.11. The molecule has 132 valence electrons. The SMILES string of the molecule is CCOC(=O)/C(=C1/SN(C)N=C1C(C)(C)C)c1nc2ccccc2s1. The molecule has 0 fully saturated rings. The lowest BCUT2D eigenvalue weighted by Gasteiger charge is -2.19. The summed E-state index contributed by atoms with van der Waals surface area (Å²) in [6, 6.07) is 7.89. The number of aromatic nitrogens is 1. The molecule has 0 atom stereocenters. The van der Waals surface area contributed by atoms with Gasteiger partial charge in [-0.05, 0) is 19.1 Å². The predicted molar refractivity (Wildman–Crippen MR) is 105 cm³/mol. The van der Waals surface area contributed by atoms with Crippen LogP contribution in [0.2, 0.25) is 0 Å². The number of nitrogens with zero attached hydrogens (tertiary/aromatic N) is 3. The van der Waals surface area contributed by atoms with E-state index in [1.165, 1.54) is 23.3 Å². The van der Waals surface area contributed by atoms with Crippen molar-refractivity contribution in [1.29, 1.82) is 0 Å². The zero-order chi connectivity index (χ0) is 18.2. The van der Waals surface area contributed by atoms with E-state index in [1.807, 2.05) is 38.2 Å². The molecule has 0 saturated heterocycles. The molecule has 2 heterocycles. The van der Waals surface area contributed by atoms with Gasteiger partial charge in [0.1, 0.15) is 10.6 Å². The molecule has 0 aliphatic carbocycles. The summed E-state index contributed by atoms with van der Waals surface area (Å²) < 4.78 is 8.17. The van der Waals surface area contributed by atoms with Crippen LogP contribution in [0.3, 0.4) is 0 Å². The Morgan fingerprint density at radius 3 is 2.64 bits per heavy atom. The number of allylic oxidation sites excluding steroid dienone is 1. The van der Waals surface area contributed by atoms with Crippen molar-refractivity contribution in [3.05, 3.63) is 34.2 Å². The smallest absolute Gasteiger partial charge is 0.342 e. The highest BCUT2D eigenvalue weighted by molar-refractivity contribution is 8.02. The van der Waals surface area contributed by atoms with Gasteiger partial charge in [0.05, 0.1) is 27.4 Å². The van der Waals surface area contributed by atoms with Crippen LogP contribution in [0.15, 0.2) is 34.3 Å². The third kappa shape index (κ3) is 3.57. The molecule has 3 rings (SSSR count). The van der Waals surface area contributed by atoms with Crippen molar-refractivity contribution < 1.29 is 9.53 Å². The zero-order valence-corrected chi connectivity index (χ0v) is 16.6. The third-order valence-electron chi connectivity index (χ3n) is 3.60. The minimum Gasteiger partial charge on any atom is -0.462 e. The molecule has 0 radical (unpaired) electrons. The Hall–Kier alpha value is -1.86. The van der Waals surface area contributed by atoms with Gasteiger partial charge in [0, 0.05) is 24.4 Å². The molecular weight excluding hydrogens is 354 g/mol. The van der Waals surface area contributed by atoms with E-state index in [9.17, 15) is 4.79 Å². The normalized spacial score (nSPS) is 17.0. The van der Waals surface area contributed by atoms with E-state index >= 15 is 0 Å². The first kappa shape index (κ1) is 17.9. The van der Waals surface area contributed by atoms with Gasteiger partial charge >= 0.3 is 5.97 Å². The number of carbonyl (C=O) groups is 1. The van der Waals surface area contributed by atoms with Gasteiger partial charge in [-0.15, -0.1) is 11.3 Å². The number of hydrazone groups is 1. The number of benzene rings is 1. The Morgan fingerprint density at radius 1 is 1.28 bits per heavy atom. The Kier molecular flexibility index (Phi) is 4.88. The van der Waals surface area contributed by atoms with Crippen molar-refractivity contribution in [3.8, 4) is 0 Å². The first-order valence-electron chi connectivity index (χ1n) is 8.09. The van der Waals surface area contributed by atoms with Gasteiger partial charge in [0.15, 0.2) is 0 Å². The molecule has 5 nitrogen and oxygen atoms in total. The monoisotopic (exact) mass is 375 g/mol. The Balaban J connectivity index is 2.21. The van der Waals surface area contributed by atoms with Crippen molar-refractivity contribution in [1.82, 2.24) is 9.40 Å². The third-order valence-corrected chi connectivity index (χ3v) is 5.58. The summed E-state index contributed by atoms with van der Waals surface area (Å²) in [5.41, 5.74) is 2.07. The van der Waals surface area contributed by atoms with Crippen LogP contribution >= 0.6 is 23.3 Å². The van der Waals surface area contributed by atoms with Crippen molar-refractivity contribution in [2.75, 3.05) is 13.7 Å². The standard InChI is InChI=1S/C18H21N3O2S2/c1-6-23-17(22)13(14-15(18(2,3)4)20-21(5)25-14)16-19-11-9-7-8-10-12(11)24-16/h7-10H,6H2,1-5H3/b14-13+. The number of para-hydroxylation sites is 1. The van der Waals surface area contributed by atoms with Crippen LogP contribution in [0.5, 0.6) is 0 Å². The lowest BCUT2D eigenvalue weighted by atomic mass is 9.88. The number of carbonyl (C=O) groups excluding carboxylic acids is 1. The molecule has 25 heavy (non-hydrogen) atoms. The van der Waals surface area contributed by atoms with Crippen molar-refractivity contribution in [3.63, 3.8) is 0 Å². The van der Waals surface area contributed by atoms with Gasteiger partial charge < -0.3 is 4.74 Å². The molecule has 7 heteroatoms. The number of hydrogen-bond donors (Lipinski definition) is 0. The van der Waals surface area contributed by atoms with E-state index in [4.69, 9.17) is 4.74 Å². The minimum atomic E-state index is -0.351. The van der Waals surface area contributed by atoms with E-state index in [0.717, 1.165) is 20.8 Å². The first-order valence-corrected chi connectivity index (χ1v) is 9.68. The van der Waals surface area contributed by atoms with E-state index < -0.39 is 0 Å². The molecule has 1 aliphatic heterocycles. The summed E-state index contributed by atoms with van der Waals surface area (Å²) in [6.45, 7) is 8.40. The highest BCUT2D eigenvalue weighted by Crippen LogP contribution is 2.42. The van der Waals surface area contributed by atoms with Gasteiger partial charge in [-0.25, -0.2) is 14.2 Å². The second-order valence-electron chi connectivity index (χ2n) is 6.67. The quantitative estimate of drug-likeness (QED) is 0.447. The summed E-state index contributed by atoms with van der Waals surface area (Å²) in [4.78, 5) is 18.3. The van der Waals surface area contributed by atoms with Gasteiger partial charge in [0.2, 0.25) is 0 Å². The summed E-state index contributed by atoms with van der Waals surface area (Å²) >= 11 is 2.95. The Labute approximate surface area is 155 Å². The predicted octanol–water partition coefficient (Wildman–Crippen LogP) is 4.57. The number of rotatable bonds is 3. The van der Waals surface area contributed by atoms with E-state index in [2.05, 4.69) is 30.9 Å². The van der Waals surface area contributed by atoms with Gasteiger partial charge in [-0.3, -0.25) is 0 Å². The fourth-order valence-corrected chi connectivity index (χ4v) is 4.66. The molecule has 0 amide bonds. The highest BCUT2D eigenvalue weighted by Gasteiger charge is 2.35. The Morgan fingerprint density at radius 2 is 2.00 bits per heavy atom. The van der Waals surface area contributed by atoms with Crippen LogP contribution in [-0.4, -0.2) is 34.7 Å². The number of fused-ring (bicyclic) bond motifs is 1. The molecule has 1 aromatic heterocycles. The molecule has 1 aliphatic rings. The van der Waals surface area contributed by atoms with E-state index in [-0.39, 0.29) is 11.4 Å². The van der Waals surface area contributed by atoms with Crippen LogP contribution in [0.25, 0.3) is 15.8 Å². The largest absolute Gasteiger partial charge is 0.462 e. The first-order chi connectivity index (χ1) is 11.8. The molecular formula is C18H21N3O2S2. The van der Waals surface area contributed by atoms with Crippen LogP contribution in [0, 0.1) is 5.41 Å². The lowest BCUT2D eigenvalue weighted by Crippen LogP contribution is -2.22. The summed E-state index contributed by atoms with van der Waals surface area (Å²) in [5.74, 6) is -0.351. The second-order valence-corrected chi connectivity index (χ2v) is 8.82. The molecule has 1 aromatic carbocycles. The lowest BCUT2D eigenvalue weighted by molar-refractivity contribution is -0.136. The summed E-state index contributed by atoms with van der Waals surface area (Å²) in [6.07, 6.45) is 0. The molecule has 0 unspecified atom stereocenters. The molecule has 0 bridgehead atoms. The summed E-state index contributed by atoms with van der Waals surface area (Å²) in [5, 5.41) is 5.28. The topological polar surface area (TPSA) is 54.8 Å². The molecule has 0 spiro atoms. The van der Waals surface area contributed by atoms with Crippen molar-refractivity contribution >= 4 is 50.8 Å². The highest BCUT2D eigenvalue weighted by atomic mass is 32.2. The molecule has 0 saturated carbocycles. The maximum absolute atomic E-state index is 12.8. The van der Waals surface area contributed by atoms with Gasteiger partial charge in [-0.2, -0.15) is 5.10 Å². The fourth-order valence-electron chi connectivity index (χ4n) is 2.50. The molecule has 0 N–H and O–H groups in total. The van der Waals surface area contributed by atoms with Crippen LogP contribution in [0.1, 0.15) is 32.7 Å². The van der Waals surface area contributed by atoms with Crippen LogP contribution < -0.4 is 0 Å².